The zero-order valence-corrected chi connectivity index (χ0v) is 39.8. The van der Waals surface area contributed by atoms with E-state index in [2.05, 4.69) is 226 Å². The molecule has 0 aromatic heterocycles. The Morgan fingerprint density at radius 2 is 1.08 bits per heavy atom. The number of hydrogen-bond donors (Lipinski definition) is 0. The van der Waals surface area contributed by atoms with Gasteiger partial charge in [-0.05, 0) is 114 Å². The average Bonchev–Trinajstić information content (AvgIpc) is 3.48. The van der Waals surface area contributed by atoms with Crippen LogP contribution in [0.4, 0.5) is 45.5 Å². The molecular weight excluding hydrogens is 782 g/mol. The van der Waals surface area contributed by atoms with Crippen LogP contribution in [0.2, 0.25) is 39.3 Å². The first-order valence-corrected chi connectivity index (χ1v) is 29.9. The molecule has 2 unspecified atom stereocenters. The predicted molar refractivity (Wildman–Crippen MR) is 275 cm³/mol. The fourth-order valence-electron chi connectivity index (χ4n) is 11.7. The monoisotopic (exact) mass is 839 g/mol. The van der Waals surface area contributed by atoms with Gasteiger partial charge < -0.3 is 14.7 Å². The van der Waals surface area contributed by atoms with Crippen LogP contribution < -0.4 is 41.5 Å². The van der Waals surface area contributed by atoms with Crippen molar-refractivity contribution in [2.75, 3.05) is 14.7 Å². The van der Waals surface area contributed by atoms with E-state index in [1.807, 2.05) is 0 Å². The van der Waals surface area contributed by atoms with Crippen molar-refractivity contribution < 1.29 is 0 Å². The second kappa shape index (κ2) is 14.0. The van der Waals surface area contributed by atoms with Gasteiger partial charge in [0.2, 0.25) is 0 Å². The molecule has 3 heterocycles. The first kappa shape index (κ1) is 39.3. The Morgan fingerprint density at radius 1 is 0.516 bits per heavy atom. The van der Waals surface area contributed by atoms with E-state index in [4.69, 9.17) is 0 Å². The maximum absolute atomic E-state index is 2.88. The molecule has 7 aromatic carbocycles. The molecule has 7 aromatic rings. The lowest BCUT2D eigenvalue weighted by molar-refractivity contribution is 0.195. The van der Waals surface area contributed by atoms with Gasteiger partial charge in [0.25, 0.3) is 6.71 Å². The van der Waals surface area contributed by atoms with Gasteiger partial charge in [-0.1, -0.05) is 166 Å². The Labute approximate surface area is 372 Å². The highest BCUT2D eigenvalue weighted by atomic mass is 28.3. The number of para-hydroxylation sites is 2. The third-order valence-corrected chi connectivity index (χ3v) is 19.4. The summed E-state index contributed by atoms with van der Waals surface area (Å²) in [6.45, 7) is 19.9. The molecule has 0 N–H and O–H groups in total. The van der Waals surface area contributed by atoms with E-state index >= 15 is 0 Å². The topological polar surface area (TPSA) is 9.72 Å². The number of anilines is 8. The SMILES string of the molecule is CC12CCCCC1(C)N1c3cc(N(c4ccc([Si](C)(C)C)cc4)c4ccc([Si](C)(C)C)cc4)cc4c3B(c3ccccc3N4c3ccccc3)c3cc(-c4ccccc4)cc2c31. The van der Waals surface area contributed by atoms with Crippen LogP contribution in [0.15, 0.2) is 158 Å². The van der Waals surface area contributed by atoms with E-state index < -0.39 is 16.1 Å². The van der Waals surface area contributed by atoms with Gasteiger partial charge in [-0.2, -0.15) is 0 Å². The van der Waals surface area contributed by atoms with E-state index in [0.717, 1.165) is 6.42 Å². The second-order valence-corrected chi connectivity index (χ2v) is 31.1. The van der Waals surface area contributed by atoms with Crippen molar-refractivity contribution in [2.45, 2.75) is 89.8 Å². The van der Waals surface area contributed by atoms with Crippen molar-refractivity contribution in [2.24, 2.45) is 0 Å². The zero-order valence-electron chi connectivity index (χ0n) is 37.8. The van der Waals surface area contributed by atoms with E-state index in [1.54, 1.807) is 0 Å². The van der Waals surface area contributed by atoms with Gasteiger partial charge in [0.15, 0.2) is 0 Å². The van der Waals surface area contributed by atoms with Crippen molar-refractivity contribution in [3.05, 3.63) is 163 Å². The molecule has 3 aliphatic heterocycles. The molecule has 0 spiro atoms. The summed E-state index contributed by atoms with van der Waals surface area (Å²) in [7, 11) is -3.04. The van der Waals surface area contributed by atoms with Crippen LogP contribution in [0, 0.1) is 0 Å². The summed E-state index contributed by atoms with van der Waals surface area (Å²) in [4.78, 5) is 7.99. The van der Waals surface area contributed by atoms with Crippen LogP contribution in [0.5, 0.6) is 0 Å². The molecule has 1 aliphatic carbocycles. The zero-order chi connectivity index (χ0) is 42.8. The van der Waals surface area contributed by atoms with Gasteiger partial charge >= 0.3 is 0 Å². The largest absolute Gasteiger partial charge is 0.335 e. The fraction of sp³-hybridized carbons (Fsp3) is 0.250. The average molecular weight is 840 g/mol. The van der Waals surface area contributed by atoms with Crippen molar-refractivity contribution >= 4 is 95.1 Å². The van der Waals surface area contributed by atoms with Crippen molar-refractivity contribution in [3.63, 3.8) is 0 Å². The highest BCUT2D eigenvalue weighted by molar-refractivity contribution is 7.00. The molecular formula is C56H58BN3Si2. The number of rotatable bonds is 7. The quantitative estimate of drug-likeness (QED) is 0.148. The van der Waals surface area contributed by atoms with Gasteiger partial charge in [0.05, 0.1) is 27.4 Å². The second-order valence-electron chi connectivity index (χ2n) is 21.0. The Kier molecular flexibility index (Phi) is 8.86. The molecule has 11 rings (SSSR count). The Balaban J connectivity index is 1.24. The predicted octanol–water partition coefficient (Wildman–Crippen LogP) is 12.3. The van der Waals surface area contributed by atoms with Gasteiger partial charge in [-0.15, -0.1) is 0 Å². The normalized spacial score (nSPS) is 19.7. The molecule has 1 fully saturated rings. The molecule has 0 radical (unpaired) electrons. The minimum absolute atomic E-state index is 0.0197. The first-order valence-electron chi connectivity index (χ1n) is 22.9. The smallest absolute Gasteiger partial charge is 0.252 e. The highest BCUT2D eigenvalue weighted by Crippen LogP contribution is 2.62. The number of nitrogens with zero attached hydrogens (tertiary/aromatic N) is 3. The first-order chi connectivity index (χ1) is 29.8. The summed E-state index contributed by atoms with van der Waals surface area (Å²) in [6, 6.07) is 60.9. The minimum atomic E-state index is -1.52. The summed E-state index contributed by atoms with van der Waals surface area (Å²) in [5, 5.41) is 2.96. The molecule has 4 aliphatic rings. The van der Waals surface area contributed by atoms with Crippen LogP contribution in [0.1, 0.15) is 45.1 Å². The molecule has 6 heteroatoms. The third kappa shape index (κ3) is 5.82. The van der Waals surface area contributed by atoms with Crippen molar-refractivity contribution in [1.82, 2.24) is 0 Å². The highest BCUT2D eigenvalue weighted by Gasteiger charge is 2.61. The van der Waals surface area contributed by atoms with Crippen LogP contribution in [0.25, 0.3) is 11.1 Å². The number of hydrogen-bond acceptors (Lipinski definition) is 3. The van der Waals surface area contributed by atoms with E-state index in [-0.39, 0.29) is 17.7 Å². The molecule has 0 saturated heterocycles. The lowest BCUT2D eigenvalue weighted by Crippen LogP contribution is -2.64. The Morgan fingerprint density at radius 3 is 1.71 bits per heavy atom. The van der Waals surface area contributed by atoms with Crippen LogP contribution in [-0.2, 0) is 5.41 Å². The summed E-state index contributed by atoms with van der Waals surface area (Å²) in [6.07, 6.45) is 4.83. The van der Waals surface area contributed by atoms with Crippen LogP contribution in [0.3, 0.4) is 0 Å². The van der Waals surface area contributed by atoms with Gasteiger partial charge in [-0.25, -0.2) is 0 Å². The van der Waals surface area contributed by atoms with Crippen molar-refractivity contribution in [1.29, 1.82) is 0 Å². The lowest BCUT2D eigenvalue weighted by Gasteiger charge is -2.53. The molecule has 308 valence electrons. The molecule has 62 heavy (non-hydrogen) atoms. The molecule has 1 saturated carbocycles. The maximum atomic E-state index is 2.88. The lowest BCUT2D eigenvalue weighted by atomic mass is 9.33. The van der Waals surface area contributed by atoms with Gasteiger partial charge in [0, 0.05) is 45.2 Å². The molecule has 0 bridgehead atoms. The summed E-state index contributed by atoms with van der Waals surface area (Å²) in [5.41, 5.74) is 18.3. The summed E-state index contributed by atoms with van der Waals surface area (Å²) < 4.78 is 0. The van der Waals surface area contributed by atoms with Gasteiger partial charge in [-0.3, -0.25) is 0 Å². The number of benzene rings is 7. The summed E-state index contributed by atoms with van der Waals surface area (Å²) >= 11 is 0. The Bertz CT molecular complexity index is 2810. The molecule has 2 atom stereocenters. The molecule has 3 nitrogen and oxygen atoms in total. The van der Waals surface area contributed by atoms with Gasteiger partial charge in [0.1, 0.15) is 0 Å². The van der Waals surface area contributed by atoms with E-state index in [1.165, 1.54) is 108 Å². The van der Waals surface area contributed by atoms with Crippen LogP contribution >= 0.6 is 0 Å². The summed E-state index contributed by atoms with van der Waals surface area (Å²) in [5.74, 6) is 0. The Hall–Kier alpha value is -5.56. The third-order valence-electron chi connectivity index (χ3n) is 15.3. The minimum Gasteiger partial charge on any atom is -0.335 e. The van der Waals surface area contributed by atoms with E-state index in [0.29, 0.717) is 0 Å². The standard InChI is InChI=1S/C56H58BN3Si2/c1-55-33-17-18-34-56(55,2)60-52-38-44(58(42-25-29-45(30-26-42)61(3,4)5)43-27-31-46(32-28-43)62(6,7)8)37-51-53(52)57(48-23-15-16-24-50(48)59(51)41-21-13-10-14-22-41)49-36-40(35-47(55)54(49)60)39-19-11-9-12-20-39/h9-16,19-32,35-38H,17-18,33-34H2,1-8H3. The fourth-order valence-corrected chi connectivity index (χ4v) is 14.1. The van der Waals surface area contributed by atoms with Crippen molar-refractivity contribution in [3.8, 4) is 11.1 Å². The van der Waals surface area contributed by atoms with Crippen LogP contribution in [-0.4, -0.2) is 28.4 Å². The molecule has 0 amide bonds. The maximum Gasteiger partial charge on any atom is 0.252 e. The van der Waals surface area contributed by atoms with E-state index in [9.17, 15) is 0 Å². The number of fused-ring (bicyclic) bond motifs is 7.